The van der Waals surface area contributed by atoms with Crippen molar-refractivity contribution >= 4 is 29.2 Å². The first kappa shape index (κ1) is 17.8. The summed E-state index contributed by atoms with van der Waals surface area (Å²) in [5.74, 6) is -0.826. The van der Waals surface area contributed by atoms with Gasteiger partial charge >= 0.3 is 5.97 Å². The van der Waals surface area contributed by atoms with Crippen LogP contribution in [-0.4, -0.2) is 23.1 Å². The van der Waals surface area contributed by atoms with Gasteiger partial charge in [-0.1, -0.05) is 24.6 Å². The molecule has 0 aliphatic heterocycles. The van der Waals surface area contributed by atoms with Crippen LogP contribution in [0.5, 0.6) is 5.75 Å². The molecule has 0 unspecified atom stereocenters. The van der Waals surface area contributed by atoms with E-state index in [4.69, 9.17) is 21.4 Å². The molecule has 24 heavy (non-hydrogen) atoms. The number of aromatic carboxylic acids is 1. The minimum absolute atomic E-state index is 0.0152. The number of carbonyl (C=O) groups is 2. The van der Waals surface area contributed by atoms with Gasteiger partial charge in [0.2, 0.25) is 0 Å². The molecule has 126 valence electrons. The van der Waals surface area contributed by atoms with Crippen molar-refractivity contribution in [1.82, 2.24) is 0 Å². The van der Waals surface area contributed by atoms with Crippen LogP contribution in [0.15, 0.2) is 42.5 Å². The lowest BCUT2D eigenvalue weighted by molar-refractivity contribution is 0.0697. The Bertz CT molecular complexity index is 760. The molecule has 2 N–H and O–H groups in total. The normalized spacial score (nSPS) is 11.6. The largest absolute Gasteiger partial charge is 0.491 e. The number of halogens is 1. The average Bonchev–Trinajstić information content (AvgIpc) is 2.54. The van der Waals surface area contributed by atoms with Crippen LogP contribution in [0.4, 0.5) is 5.69 Å². The molecule has 0 aliphatic rings. The van der Waals surface area contributed by atoms with Crippen molar-refractivity contribution in [2.24, 2.45) is 0 Å². The van der Waals surface area contributed by atoms with Gasteiger partial charge in [-0.25, -0.2) is 4.79 Å². The molecular weight excluding hydrogens is 330 g/mol. The summed E-state index contributed by atoms with van der Waals surface area (Å²) in [6, 6.07) is 11.1. The summed E-state index contributed by atoms with van der Waals surface area (Å²) in [6.07, 6.45) is 0.927. The maximum absolute atomic E-state index is 12.3. The fourth-order valence-electron chi connectivity index (χ4n) is 2.00. The predicted molar refractivity (Wildman–Crippen MR) is 93.2 cm³/mol. The first-order chi connectivity index (χ1) is 11.4. The molecule has 0 heterocycles. The molecule has 0 bridgehead atoms. The Morgan fingerprint density at radius 2 is 2.00 bits per heavy atom. The number of carboxylic acids is 1. The van der Waals surface area contributed by atoms with E-state index >= 15 is 0 Å². The molecule has 0 fully saturated rings. The van der Waals surface area contributed by atoms with Crippen LogP contribution in [0.1, 0.15) is 41.0 Å². The molecule has 0 saturated carbocycles. The summed E-state index contributed by atoms with van der Waals surface area (Å²) in [7, 11) is 0. The van der Waals surface area contributed by atoms with E-state index in [9.17, 15) is 9.59 Å². The molecule has 6 heteroatoms. The Kier molecular flexibility index (Phi) is 5.82. The van der Waals surface area contributed by atoms with Gasteiger partial charge in [0.05, 0.1) is 16.7 Å². The van der Waals surface area contributed by atoms with E-state index in [1.807, 2.05) is 13.8 Å². The summed E-state index contributed by atoms with van der Waals surface area (Å²) in [4.78, 5) is 23.3. The topological polar surface area (TPSA) is 75.6 Å². The number of benzene rings is 2. The number of amides is 1. The molecular formula is C18H18ClNO4. The van der Waals surface area contributed by atoms with E-state index in [2.05, 4.69) is 5.32 Å². The van der Waals surface area contributed by atoms with Gasteiger partial charge in [0.1, 0.15) is 5.75 Å². The smallest absolute Gasteiger partial charge is 0.337 e. The van der Waals surface area contributed by atoms with E-state index < -0.39 is 5.97 Å². The standard InChI is InChI=1S/C18H18ClNO4/c1-3-11(2)24-14-6-4-5-12(9-14)17(21)20-13-7-8-15(18(22)23)16(19)10-13/h4-11H,3H2,1-2H3,(H,20,21)(H,22,23)/t11-/m1/s1. The lowest BCUT2D eigenvalue weighted by Crippen LogP contribution is -2.13. The van der Waals surface area contributed by atoms with E-state index in [0.717, 1.165) is 6.42 Å². The van der Waals surface area contributed by atoms with Crippen LogP contribution < -0.4 is 10.1 Å². The lowest BCUT2D eigenvalue weighted by atomic mass is 10.1. The van der Waals surface area contributed by atoms with Crippen LogP contribution >= 0.6 is 11.6 Å². The van der Waals surface area contributed by atoms with Gasteiger partial charge < -0.3 is 15.2 Å². The average molecular weight is 348 g/mol. The molecule has 0 spiro atoms. The van der Waals surface area contributed by atoms with Crippen LogP contribution in [0, 0.1) is 0 Å². The second-order valence-corrected chi connectivity index (χ2v) is 5.73. The van der Waals surface area contributed by atoms with Gasteiger partial charge in [0.15, 0.2) is 0 Å². The van der Waals surface area contributed by atoms with Gasteiger partial charge in [-0.3, -0.25) is 4.79 Å². The van der Waals surface area contributed by atoms with Crippen LogP contribution in [0.2, 0.25) is 5.02 Å². The third-order valence-corrected chi connectivity index (χ3v) is 3.78. The van der Waals surface area contributed by atoms with Gasteiger partial charge in [0, 0.05) is 11.3 Å². The van der Waals surface area contributed by atoms with Gasteiger partial charge in [-0.05, 0) is 49.7 Å². The summed E-state index contributed by atoms with van der Waals surface area (Å²) in [5.41, 5.74) is 0.844. The highest BCUT2D eigenvalue weighted by Crippen LogP contribution is 2.22. The van der Waals surface area contributed by atoms with Crippen molar-refractivity contribution in [2.45, 2.75) is 26.4 Å². The van der Waals surface area contributed by atoms with E-state index in [-0.39, 0.29) is 22.6 Å². The van der Waals surface area contributed by atoms with Gasteiger partial charge in [0.25, 0.3) is 5.91 Å². The lowest BCUT2D eigenvalue weighted by Gasteiger charge is -2.13. The second-order valence-electron chi connectivity index (χ2n) is 5.32. The molecule has 2 aromatic carbocycles. The number of carbonyl (C=O) groups excluding carboxylic acids is 1. The Balaban J connectivity index is 2.14. The minimum Gasteiger partial charge on any atom is -0.491 e. The molecule has 0 saturated heterocycles. The molecule has 2 rings (SSSR count). The number of ether oxygens (including phenoxy) is 1. The number of nitrogens with one attached hydrogen (secondary N) is 1. The second kappa shape index (κ2) is 7.84. The van der Waals surface area contributed by atoms with Crippen molar-refractivity contribution in [3.63, 3.8) is 0 Å². The number of carboxylic acid groups (broad SMARTS) is 1. The van der Waals surface area contributed by atoms with Crippen molar-refractivity contribution in [3.05, 3.63) is 58.6 Å². The van der Waals surface area contributed by atoms with E-state index in [0.29, 0.717) is 17.0 Å². The summed E-state index contributed by atoms with van der Waals surface area (Å²) >= 11 is 5.90. The number of hydrogen-bond acceptors (Lipinski definition) is 3. The molecule has 5 nitrogen and oxygen atoms in total. The third kappa shape index (κ3) is 4.49. The first-order valence-corrected chi connectivity index (χ1v) is 7.89. The molecule has 1 amide bonds. The number of anilines is 1. The van der Waals surface area contributed by atoms with Crippen molar-refractivity contribution in [2.75, 3.05) is 5.32 Å². The van der Waals surface area contributed by atoms with Gasteiger partial charge in [-0.15, -0.1) is 0 Å². The fourth-order valence-corrected chi connectivity index (χ4v) is 2.26. The fraction of sp³-hybridized carbons (Fsp3) is 0.222. The van der Waals surface area contributed by atoms with Gasteiger partial charge in [-0.2, -0.15) is 0 Å². The SMILES string of the molecule is CC[C@@H](C)Oc1cccc(C(=O)Nc2ccc(C(=O)O)c(Cl)c2)c1. The monoisotopic (exact) mass is 347 g/mol. The Morgan fingerprint density at radius 3 is 2.62 bits per heavy atom. The zero-order valence-electron chi connectivity index (χ0n) is 13.4. The highest BCUT2D eigenvalue weighted by Gasteiger charge is 2.12. The van der Waals surface area contributed by atoms with Crippen LogP contribution in [-0.2, 0) is 0 Å². The maximum atomic E-state index is 12.3. The number of hydrogen-bond donors (Lipinski definition) is 2. The Morgan fingerprint density at radius 1 is 1.25 bits per heavy atom. The Hall–Kier alpha value is -2.53. The molecule has 2 aromatic rings. The summed E-state index contributed by atoms with van der Waals surface area (Å²) < 4.78 is 5.70. The third-order valence-electron chi connectivity index (χ3n) is 3.47. The predicted octanol–water partition coefficient (Wildman–Crippen LogP) is 4.47. The molecule has 0 aromatic heterocycles. The molecule has 0 aliphatic carbocycles. The molecule has 0 radical (unpaired) electrons. The van der Waals surface area contributed by atoms with Crippen molar-refractivity contribution in [3.8, 4) is 5.75 Å². The highest BCUT2D eigenvalue weighted by atomic mass is 35.5. The first-order valence-electron chi connectivity index (χ1n) is 7.51. The maximum Gasteiger partial charge on any atom is 0.337 e. The minimum atomic E-state index is -1.12. The van der Waals surface area contributed by atoms with E-state index in [1.54, 1.807) is 24.3 Å². The Labute approximate surface area is 145 Å². The van der Waals surface area contributed by atoms with Crippen LogP contribution in [0.3, 0.4) is 0 Å². The zero-order valence-corrected chi connectivity index (χ0v) is 14.1. The number of rotatable bonds is 6. The van der Waals surface area contributed by atoms with Crippen LogP contribution in [0.25, 0.3) is 0 Å². The highest BCUT2D eigenvalue weighted by molar-refractivity contribution is 6.33. The van der Waals surface area contributed by atoms with Crippen molar-refractivity contribution < 1.29 is 19.4 Å². The zero-order chi connectivity index (χ0) is 17.7. The molecule has 1 atom stereocenters. The van der Waals surface area contributed by atoms with E-state index in [1.165, 1.54) is 18.2 Å². The quantitative estimate of drug-likeness (QED) is 0.808. The van der Waals surface area contributed by atoms with Crippen molar-refractivity contribution in [1.29, 1.82) is 0 Å². The summed E-state index contributed by atoms with van der Waals surface area (Å²) in [5, 5.41) is 11.7. The summed E-state index contributed by atoms with van der Waals surface area (Å²) in [6.45, 7) is 3.98.